The molecule has 0 aliphatic carbocycles. The van der Waals surface area contributed by atoms with E-state index in [4.69, 9.17) is 4.74 Å². The van der Waals surface area contributed by atoms with Crippen molar-refractivity contribution in [3.05, 3.63) is 48.3 Å². The molecule has 1 atom stereocenters. The summed E-state index contributed by atoms with van der Waals surface area (Å²) >= 11 is 0. The van der Waals surface area contributed by atoms with Gasteiger partial charge in [0.15, 0.2) is 5.96 Å². The SMILES string of the molecule is CN=C(NCc1cccn1C)NC1CCN(c2cccc(OC)c2)C1. The Hall–Kier alpha value is -2.63. The Bertz CT molecular complexity index is 724. The summed E-state index contributed by atoms with van der Waals surface area (Å²) in [7, 11) is 5.57. The monoisotopic (exact) mass is 341 g/mol. The molecule has 25 heavy (non-hydrogen) atoms. The molecule has 0 radical (unpaired) electrons. The molecule has 0 spiro atoms. The van der Waals surface area contributed by atoms with Crippen LogP contribution in [0.2, 0.25) is 0 Å². The number of hydrogen-bond acceptors (Lipinski definition) is 3. The summed E-state index contributed by atoms with van der Waals surface area (Å²) in [6, 6.07) is 12.8. The first-order chi connectivity index (χ1) is 12.2. The Morgan fingerprint density at radius 1 is 1.32 bits per heavy atom. The minimum Gasteiger partial charge on any atom is -0.497 e. The van der Waals surface area contributed by atoms with Gasteiger partial charge >= 0.3 is 0 Å². The van der Waals surface area contributed by atoms with Crippen molar-refractivity contribution in [3.63, 3.8) is 0 Å². The van der Waals surface area contributed by atoms with E-state index in [2.05, 4.69) is 62.6 Å². The third kappa shape index (κ3) is 4.26. The van der Waals surface area contributed by atoms with Gasteiger partial charge in [-0.15, -0.1) is 0 Å². The summed E-state index contributed by atoms with van der Waals surface area (Å²) in [6.45, 7) is 2.74. The number of aliphatic imine (C=N–C) groups is 1. The molecule has 0 saturated carbocycles. The van der Waals surface area contributed by atoms with Crippen molar-refractivity contribution in [1.29, 1.82) is 0 Å². The maximum atomic E-state index is 5.33. The molecule has 6 nitrogen and oxygen atoms in total. The normalized spacial score (nSPS) is 17.6. The number of hydrogen-bond donors (Lipinski definition) is 2. The van der Waals surface area contributed by atoms with E-state index in [1.807, 2.05) is 19.2 Å². The number of ether oxygens (including phenoxy) is 1. The Morgan fingerprint density at radius 3 is 2.92 bits per heavy atom. The lowest BCUT2D eigenvalue weighted by atomic mass is 10.2. The highest BCUT2D eigenvalue weighted by Crippen LogP contribution is 2.24. The molecule has 134 valence electrons. The van der Waals surface area contributed by atoms with Gasteiger partial charge in [-0.2, -0.15) is 0 Å². The van der Waals surface area contributed by atoms with Crippen molar-refractivity contribution >= 4 is 11.6 Å². The second kappa shape index (κ2) is 7.96. The number of rotatable bonds is 5. The number of aryl methyl sites for hydroxylation is 1. The van der Waals surface area contributed by atoms with Gasteiger partial charge in [0.25, 0.3) is 0 Å². The molecule has 2 aromatic rings. The van der Waals surface area contributed by atoms with Crippen LogP contribution in [0.5, 0.6) is 5.75 Å². The van der Waals surface area contributed by atoms with Crippen LogP contribution in [0.25, 0.3) is 0 Å². The van der Waals surface area contributed by atoms with Crippen LogP contribution in [-0.2, 0) is 13.6 Å². The van der Waals surface area contributed by atoms with Crippen LogP contribution in [0.1, 0.15) is 12.1 Å². The van der Waals surface area contributed by atoms with Gasteiger partial charge in [-0.1, -0.05) is 6.07 Å². The molecule has 1 saturated heterocycles. The summed E-state index contributed by atoms with van der Waals surface area (Å²) in [5.74, 6) is 1.74. The molecular formula is C19H27N5O. The fraction of sp³-hybridized carbons (Fsp3) is 0.421. The van der Waals surface area contributed by atoms with Crippen LogP contribution in [0.15, 0.2) is 47.6 Å². The van der Waals surface area contributed by atoms with Crippen LogP contribution >= 0.6 is 0 Å². The van der Waals surface area contributed by atoms with Crippen LogP contribution in [0.4, 0.5) is 5.69 Å². The number of nitrogens with one attached hydrogen (secondary N) is 2. The zero-order chi connectivity index (χ0) is 17.6. The summed E-state index contributed by atoms with van der Waals surface area (Å²) in [6.07, 6.45) is 3.14. The van der Waals surface area contributed by atoms with Gasteiger partial charge in [-0.25, -0.2) is 0 Å². The predicted molar refractivity (Wildman–Crippen MR) is 102 cm³/mol. The number of methoxy groups -OCH3 is 1. The highest BCUT2D eigenvalue weighted by Gasteiger charge is 2.23. The van der Waals surface area contributed by atoms with Crippen LogP contribution < -0.4 is 20.3 Å². The molecule has 0 bridgehead atoms. The molecule has 1 aliphatic rings. The summed E-state index contributed by atoms with van der Waals surface area (Å²) in [5, 5.41) is 6.92. The smallest absolute Gasteiger partial charge is 0.191 e. The molecular weight excluding hydrogens is 314 g/mol. The maximum absolute atomic E-state index is 5.33. The van der Waals surface area contributed by atoms with Gasteiger partial charge in [0.05, 0.1) is 13.7 Å². The predicted octanol–water partition coefficient (Wildman–Crippen LogP) is 1.98. The van der Waals surface area contributed by atoms with Gasteiger partial charge in [0.2, 0.25) is 0 Å². The second-order valence-corrected chi connectivity index (χ2v) is 6.31. The van der Waals surface area contributed by atoms with E-state index in [9.17, 15) is 0 Å². The Kier molecular flexibility index (Phi) is 5.48. The van der Waals surface area contributed by atoms with Crippen molar-refractivity contribution in [2.45, 2.75) is 19.0 Å². The Labute approximate surface area is 149 Å². The summed E-state index contributed by atoms with van der Waals surface area (Å²) in [5.41, 5.74) is 2.43. The molecule has 1 aromatic carbocycles. The summed E-state index contributed by atoms with van der Waals surface area (Å²) < 4.78 is 7.44. The second-order valence-electron chi connectivity index (χ2n) is 6.31. The van der Waals surface area contributed by atoms with Gasteiger partial charge in [-0.05, 0) is 30.7 Å². The first-order valence-corrected chi connectivity index (χ1v) is 8.66. The van der Waals surface area contributed by atoms with E-state index >= 15 is 0 Å². The quantitative estimate of drug-likeness (QED) is 0.645. The van der Waals surface area contributed by atoms with Crippen molar-refractivity contribution in [2.24, 2.45) is 12.0 Å². The van der Waals surface area contributed by atoms with Crippen LogP contribution in [0.3, 0.4) is 0 Å². The third-order valence-electron chi connectivity index (χ3n) is 4.66. The molecule has 3 rings (SSSR count). The average molecular weight is 341 g/mol. The fourth-order valence-electron chi connectivity index (χ4n) is 3.16. The lowest BCUT2D eigenvalue weighted by molar-refractivity contribution is 0.415. The van der Waals surface area contributed by atoms with Crippen LogP contribution in [-0.4, -0.2) is 43.8 Å². The van der Waals surface area contributed by atoms with E-state index in [1.165, 1.54) is 11.4 Å². The van der Waals surface area contributed by atoms with Crippen molar-refractivity contribution < 1.29 is 4.74 Å². The zero-order valence-corrected chi connectivity index (χ0v) is 15.2. The van der Waals surface area contributed by atoms with Crippen molar-refractivity contribution in [3.8, 4) is 5.75 Å². The molecule has 1 aliphatic heterocycles. The van der Waals surface area contributed by atoms with Crippen molar-refractivity contribution in [1.82, 2.24) is 15.2 Å². The van der Waals surface area contributed by atoms with Gasteiger partial charge < -0.3 is 24.8 Å². The molecule has 1 unspecified atom stereocenters. The molecule has 1 aromatic heterocycles. The van der Waals surface area contributed by atoms with Gasteiger partial charge in [0.1, 0.15) is 5.75 Å². The van der Waals surface area contributed by atoms with Crippen molar-refractivity contribution in [2.75, 3.05) is 32.1 Å². The highest BCUT2D eigenvalue weighted by atomic mass is 16.5. The molecule has 1 fully saturated rings. The minimum atomic E-state index is 0.380. The first kappa shape index (κ1) is 17.2. The number of nitrogens with zero attached hydrogens (tertiary/aromatic N) is 3. The van der Waals surface area contributed by atoms with E-state index < -0.39 is 0 Å². The standard InChI is InChI=1S/C19H27N5O/c1-20-19(21-13-17-7-5-10-23(17)2)22-15-9-11-24(14-15)16-6-4-8-18(12-16)25-3/h4-8,10,12,15H,9,11,13-14H2,1-3H3,(H2,20,21,22). The molecule has 2 heterocycles. The topological polar surface area (TPSA) is 53.8 Å². The Balaban J connectivity index is 1.53. The molecule has 2 N–H and O–H groups in total. The molecule has 0 amide bonds. The number of guanidine groups is 1. The lowest BCUT2D eigenvalue weighted by Gasteiger charge is -2.21. The third-order valence-corrected chi connectivity index (χ3v) is 4.66. The van der Waals surface area contributed by atoms with E-state index in [0.29, 0.717) is 6.04 Å². The minimum absolute atomic E-state index is 0.380. The highest BCUT2D eigenvalue weighted by molar-refractivity contribution is 5.80. The summed E-state index contributed by atoms with van der Waals surface area (Å²) in [4.78, 5) is 6.73. The number of anilines is 1. The number of aromatic nitrogens is 1. The lowest BCUT2D eigenvalue weighted by Crippen LogP contribution is -2.44. The fourth-order valence-corrected chi connectivity index (χ4v) is 3.16. The van der Waals surface area contributed by atoms with Gasteiger partial charge in [-0.3, -0.25) is 4.99 Å². The molecule has 6 heteroatoms. The van der Waals surface area contributed by atoms with Crippen LogP contribution in [0, 0.1) is 0 Å². The average Bonchev–Trinajstić information content (AvgIpc) is 3.27. The number of benzene rings is 1. The van der Waals surface area contributed by atoms with E-state index in [0.717, 1.165) is 37.8 Å². The first-order valence-electron chi connectivity index (χ1n) is 8.66. The Morgan fingerprint density at radius 2 is 2.20 bits per heavy atom. The van der Waals surface area contributed by atoms with E-state index in [1.54, 1.807) is 7.11 Å². The van der Waals surface area contributed by atoms with E-state index in [-0.39, 0.29) is 0 Å². The largest absolute Gasteiger partial charge is 0.497 e. The zero-order valence-electron chi connectivity index (χ0n) is 15.2. The van der Waals surface area contributed by atoms with Gasteiger partial charge in [0, 0.05) is 56.9 Å². The maximum Gasteiger partial charge on any atom is 0.191 e.